The first kappa shape index (κ1) is 38.2. The van der Waals surface area contributed by atoms with Crippen molar-refractivity contribution < 1.29 is 47.0 Å². The minimum Gasteiger partial charge on any atom is -0.443 e. The zero-order chi connectivity index (χ0) is 36.4. The van der Waals surface area contributed by atoms with E-state index in [4.69, 9.17) is 19.0 Å². The van der Waals surface area contributed by atoms with Crippen LogP contribution in [-0.4, -0.2) is 107 Å². The van der Waals surface area contributed by atoms with Gasteiger partial charge in [-0.05, 0) is 56.4 Å². The Balaban J connectivity index is 1.34. The molecule has 16 nitrogen and oxygen atoms in total. The predicted molar refractivity (Wildman–Crippen MR) is 184 cm³/mol. The van der Waals surface area contributed by atoms with E-state index in [-0.39, 0.29) is 48.9 Å². The van der Waals surface area contributed by atoms with Crippen molar-refractivity contribution in [3.8, 4) is 0 Å². The van der Waals surface area contributed by atoms with Crippen LogP contribution in [0.5, 0.6) is 0 Å². The lowest BCUT2D eigenvalue weighted by Crippen LogP contribution is -2.51. The van der Waals surface area contributed by atoms with Gasteiger partial charge in [0.25, 0.3) is 10.0 Å². The van der Waals surface area contributed by atoms with E-state index in [1.807, 2.05) is 30.3 Å². The monoisotopic (exact) mass is 732 g/mol. The summed E-state index contributed by atoms with van der Waals surface area (Å²) in [6.45, 7) is 2.00. The maximum Gasteiger partial charge on any atom is 0.407 e. The second-order valence-corrected chi connectivity index (χ2v) is 14.5. The fourth-order valence-corrected chi connectivity index (χ4v) is 7.67. The summed E-state index contributed by atoms with van der Waals surface area (Å²) in [5, 5.41) is 20.7. The zero-order valence-electron chi connectivity index (χ0n) is 28.9. The second-order valence-electron chi connectivity index (χ2n) is 12.7. The number of likely N-dealkylation sites (N-methyl/N-ethyl adjacent to an activating group) is 1. The lowest BCUT2D eigenvalue weighted by Gasteiger charge is -2.31. The van der Waals surface area contributed by atoms with Crippen LogP contribution in [0.2, 0.25) is 0 Å². The van der Waals surface area contributed by atoms with Crippen molar-refractivity contribution in [1.82, 2.24) is 25.8 Å². The lowest BCUT2D eigenvalue weighted by atomic mass is 10.0. The number of hydrazine groups is 1. The Morgan fingerprint density at radius 3 is 2.53 bits per heavy atom. The van der Waals surface area contributed by atoms with Crippen LogP contribution in [-0.2, 0) is 40.3 Å². The first-order valence-corrected chi connectivity index (χ1v) is 18.8. The predicted octanol–water partition coefficient (Wildman–Crippen LogP) is 1.80. The van der Waals surface area contributed by atoms with Gasteiger partial charge in [-0.2, -0.15) is 0 Å². The number of nitrogens with one attached hydrogen (secondary N) is 4. The molecular weight excluding hydrogens is 684 g/mol. The number of ether oxygens (including phenoxy) is 3. The molecule has 4 amide bonds. The van der Waals surface area contributed by atoms with Gasteiger partial charge in [0.05, 0.1) is 61.1 Å². The Hall–Kier alpha value is -4.00. The van der Waals surface area contributed by atoms with Crippen molar-refractivity contribution in [3.63, 3.8) is 0 Å². The Morgan fingerprint density at radius 1 is 1.04 bits per heavy atom. The summed E-state index contributed by atoms with van der Waals surface area (Å²) in [5.41, 5.74) is 3.77. The highest BCUT2D eigenvalue weighted by Gasteiger charge is 2.44. The third-order valence-corrected chi connectivity index (χ3v) is 10.8. The maximum absolute atomic E-state index is 14.3. The van der Waals surface area contributed by atoms with Crippen LogP contribution in [0.1, 0.15) is 44.6 Å². The highest BCUT2D eigenvalue weighted by Crippen LogP contribution is 2.33. The number of carbonyl (C=O) groups is 3. The molecule has 5 rings (SSSR count). The number of fused-ring (bicyclic) bond motifs is 1. The normalized spacial score (nSPS) is 21.5. The first-order chi connectivity index (χ1) is 24.6. The van der Waals surface area contributed by atoms with E-state index in [2.05, 4.69) is 21.4 Å². The van der Waals surface area contributed by atoms with Crippen molar-refractivity contribution >= 4 is 33.7 Å². The van der Waals surface area contributed by atoms with E-state index in [1.54, 1.807) is 13.0 Å². The van der Waals surface area contributed by atoms with Gasteiger partial charge in [0.1, 0.15) is 6.10 Å². The summed E-state index contributed by atoms with van der Waals surface area (Å²) >= 11 is 0. The van der Waals surface area contributed by atoms with Crippen molar-refractivity contribution in [3.05, 3.63) is 60.2 Å². The van der Waals surface area contributed by atoms with E-state index >= 15 is 0 Å². The van der Waals surface area contributed by atoms with Gasteiger partial charge in [0.15, 0.2) is 6.29 Å². The first-order valence-electron chi connectivity index (χ1n) is 17.3. The quantitative estimate of drug-likeness (QED) is 0.158. The summed E-state index contributed by atoms with van der Waals surface area (Å²) in [6, 6.07) is 13.5. The van der Waals surface area contributed by atoms with Gasteiger partial charge in [-0.3, -0.25) is 14.6 Å². The molecule has 0 unspecified atom stereocenters. The molecule has 5 N–H and O–H groups in total. The van der Waals surface area contributed by atoms with Gasteiger partial charge < -0.3 is 35.3 Å². The number of urea groups is 1. The molecule has 51 heavy (non-hydrogen) atoms. The Labute approximate surface area is 298 Å². The number of hydrogen-bond donors (Lipinski definition) is 5. The molecular formula is C34H48N6O10S. The fraction of sp³-hybridized carbons (Fsp3) is 0.559. The summed E-state index contributed by atoms with van der Waals surface area (Å²) in [4.78, 5) is 43.2. The number of hydroxylamine groups is 1. The Morgan fingerprint density at radius 2 is 1.80 bits per heavy atom. The van der Waals surface area contributed by atoms with Crippen LogP contribution in [0, 0.1) is 5.92 Å². The van der Waals surface area contributed by atoms with E-state index < -0.39 is 53.2 Å². The Kier molecular flexibility index (Phi) is 13.5. The topological polar surface area (TPSA) is 197 Å². The molecule has 1 saturated carbocycles. The SMILES string of the molecule is CCN(NC(=O)NCC(=O)NC)c1cccc(S(=O)(=O)N(C[C@@H](O)[C@H](Cc2ccccc2)NC(=O)O[C@H]2CO[C@H]3OCC[C@H]32)OC2CCCC2)c1. The number of nitrogens with zero attached hydrogens (tertiary/aromatic N) is 2. The average molecular weight is 733 g/mol. The van der Waals surface area contributed by atoms with Crippen molar-refractivity contribution in [2.75, 3.05) is 44.9 Å². The highest BCUT2D eigenvalue weighted by molar-refractivity contribution is 7.89. The van der Waals surface area contributed by atoms with Gasteiger partial charge in [0, 0.05) is 13.6 Å². The molecule has 0 aromatic heterocycles. The number of rotatable bonds is 16. The second kappa shape index (κ2) is 18.0. The third kappa shape index (κ3) is 10.3. The number of aliphatic hydroxyl groups is 1. The number of benzene rings is 2. The standard InChI is InChI=1S/C34H48N6O10S/c1-3-39(38-33(43)36-20-31(42)35-2)24-12-9-15-26(19-24)51(45,46)40(50-25-13-7-8-14-25)21-29(41)28(18-23-10-5-4-6-11-23)37-34(44)49-30-22-48-32-27(30)16-17-47-32/h4-6,9-12,15,19,25,27-30,32,41H,3,7-8,13-14,16-18,20-22H2,1-2H3,(H,35,42)(H,37,44)(H2,36,38,43)/t27-,28-,29+,30-,32+/m0/s1. The van der Waals surface area contributed by atoms with E-state index in [9.17, 15) is 27.9 Å². The largest absolute Gasteiger partial charge is 0.443 e. The van der Waals surface area contributed by atoms with Crippen LogP contribution in [0.15, 0.2) is 59.5 Å². The molecule has 2 saturated heterocycles. The number of anilines is 1. The van der Waals surface area contributed by atoms with Crippen LogP contribution < -0.4 is 26.4 Å². The van der Waals surface area contributed by atoms with E-state index in [1.165, 1.54) is 30.3 Å². The molecule has 0 radical (unpaired) electrons. The molecule has 2 aromatic rings. The van der Waals surface area contributed by atoms with Gasteiger partial charge >= 0.3 is 12.1 Å². The summed E-state index contributed by atoms with van der Waals surface area (Å²) < 4.78 is 46.2. The van der Waals surface area contributed by atoms with Crippen molar-refractivity contribution in [1.29, 1.82) is 0 Å². The average Bonchev–Trinajstić information content (AvgIpc) is 3.90. The summed E-state index contributed by atoms with van der Waals surface area (Å²) in [6.07, 6.45) is 0.422. The zero-order valence-corrected chi connectivity index (χ0v) is 29.7. The molecule has 2 heterocycles. The van der Waals surface area contributed by atoms with Crippen molar-refractivity contribution in [2.24, 2.45) is 5.92 Å². The number of aliphatic hydroxyl groups excluding tert-OH is 1. The molecule has 2 aromatic carbocycles. The molecule has 0 bridgehead atoms. The summed E-state index contributed by atoms with van der Waals surface area (Å²) in [7, 11) is -2.95. The van der Waals surface area contributed by atoms with Gasteiger partial charge in [-0.15, -0.1) is 0 Å². The van der Waals surface area contributed by atoms with E-state index in [0.29, 0.717) is 31.6 Å². The number of alkyl carbamates (subject to hydrolysis) is 1. The molecule has 2 aliphatic heterocycles. The number of carbonyl (C=O) groups excluding carboxylic acids is 3. The molecule has 17 heteroatoms. The van der Waals surface area contributed by atoms with Crippen LogP contribution >= 0.6 is 0 Å². The fourth-order valence-electron chi connectivity index (χ4n) is 6.33. The maximum atomic E-state index is 14.3. The van der Waals surface area contributed by atoms with E-state index in [0.717, 1.165) is 22.9 Å². The smallest absolute Gasteiger partial charge is 0.407 e. The molecule has 3 aliphatic rings. The highest BCUT2D eigenvalue weighted by atomic mass is 32.2. The molecule has 280 valence electrons. The Bertz CT molecular complexity index is 1580. The molecule has 3 fully saturated rings. The van der Waals surface area contributed by atoms with Crippen molar-refractivity contribution in [2.45, 2.75) is 81.0 Å². The number of sulfonamides is 1. The number of amides is 4. The molecule has 5 atom stereocenters. The number of hydrogen-bond acceptors (Lipinski definition) is 11. The van der Waals surface area contributed by atoms with Crippen LogP contribution in [0.25, 0.3) is 0 Å². The van der Waals surface area contributed by atoms with Gasteiger partial charge in [-0.25, -0.2) is 23.4 Å². The minimum absolute atomic E-state index is 0.0831. The lowest BCUT2D eigenvalue weighted by molar-refractivity contribution is -0.145. The molecule has 0 spiro atoms. The van der Waals surface area contributed by atoms with Crippen LogP contribution in [0.4, 0.5) is 15.3 Å². The third-order valence-electron chi connectivity index (χ3n) is 9.15. The minimum atomic E-state index is -4.40. The summed E-state index contributed by atoms with van der Waals surface area (Å²) in [5.74, 6) is -0.468. The van der Waals surface area contributed by atoms with Gasteiger partial charge in [0.2, 0.25) is 5.91 Å². The van der Waals surface area contributed by atoms with Crippen LogP contribution in [0.3, 0.4) is 0 Å². The van der Waals surface area contributed by atoms with Gasteiger partial charge in [-0.1, -0.05) is 53.7 Å². The molecule has 1 aliphatic carbocycles.